The van der Waals surface area contributed by atoms with Gasteiger partial charge in [-0.2, -0.15) is 0 Å². The highest BCUT2D eigenvalue weighted by molar-refractivity contribution is 7.10. The summed E-state index contributed by atoms with van der Waals surface area (Å²) in [5, 5.41) is 8.11. The molecule has 4 rings (SSSR count). The Morgan fingerprint density at radius 1 is 1.19 bits per heavy atom. The fourth-order valence-electron chi connectivity index (χ4n) is 4.04. The third-order valence-electron chi connectivity index (χ3n) is 5.86. The molecule has 168 valence electrons. The van der Waals surface area contributed by atoms with Crippen LogP contribution in [0.25, 0.3) is 0 Å². The molecule has 0 fully saturated rings. The normalized spacial score (nSPS) is 14.1. The number of nitrogens with one attached hydrogen (secondary N) is 2. The van der Waals surface area contributed by atoms with Crippen molar-refractivity contribution in [3.8, 4) is 5.75 Å². The molecule has 0 bridgehead atoms. The highest BCUT2D eigenvalue weighted by atomic mass is 32.1. The Kier molecular flexibility index (Phi) is 6.97. The SMILES string of the molecule is COc1cccc(C(CNC(=O)Nc2ccc(N3CCc4sccc4C3)cc2)N(C)C)c1. The fraction of sp³-hybridized carbons (Fsp3) is 0.320. The van der Waals surface area contributed by atoms with E-state index in [0.29, 0.717) is 6.54 Å². The Labute approximate surface area is 193 Å². The molecular formula is C25H30N4O2S. The molecule has 0 spiro atoms. The molecule has 1 unspecified atom stereocenters. The highest BCUT2D eigenvalue weighted by Gasteiger charge is 2.18. The van der Waals surface area contributed by atoms with Gasteiger partial charge >= 0.3 is 6.03 Å². The monoisotopic (exact) mass is 450 g/mol. The van der Waals surface area contributed by atoms with Crippen molar-refractivity contribution in [2.24, 2.45) is 0 Å². The van der Waals surface area contributed by atoms with Crippen LogP contribution in [0, 0.1) is 0 Å². The van der Waals surface area contributed by atoms with Gasteiger partial charge in [0.2, 0.25) is 0 Å². The summed E-state index contributed by atoms with van der Waals surface area (Å²) in [5.74, 6) is 0.808. The lowest BCUT2D eigenvalue weighted by atomic mass is 10.1. The summed E-state index contributed by atoms with van der Waals surface area (Å²) in [4.78, 5) is 18.5. The number of methoxy groups -OCH3 is 1. The topological polar surface area (TPSA) is 56.8 Å². The van der Waals surface area contributed by atoms with Crippen molar-refractivity contribution in [1.82, 2.24) is 10.2 Å². The molecule has 2 aromatic carbocycles. The molecule has 3 aromatic rings. The van der Waals surface area contributed by atoms with Crippen molar-refractivity contribution in [2.75, 3.05) is 44.5 Å². The number of nitrogens with zero attached hydrogens (tertiary/aromatic N) is 2. The summed E-state index contributed by atoms with van der Waals surface area (Å²) < 4.78 is 5.33. The van der Waals surface area contributed by atoms with Gasteiger partial charge in [0.25, 0.3) is 0 Å². The number of likely N-dealkylation sites (N-methyl/N-ethyl adjacent to an activating group) is 1. The Hall–Kier alpha value is -3.03. The Balaban J connectivity index is 1.32. The number of rotatable bonds is 7. The highest BCUT2D eigenvalue weighted by Crippen LogP contribution is 2.28. The number of hydrogen-bond acceptors (Lipinski definition) is 5. The lowest BCUT2D eigenvalue weighted by Crippen LogP contribution is -2.36. The minimum atomic E-state index is -0.214. The van der Waals surface area contributed by atoms with Crippen molar-refractivity contribution < 1.29 is 9.53 Å². The Morgan fingerprint density at radius 2 is 2.00 bits per heavy atom. The van der Waals surface area contributed by atoms with Crippen LogP contribution in [0.2, 0.25) is 0 Å². The van der Waals surface area contributed by atoms with Crippen LogP contribution in [-0.4, -0.2) is 45.2 Å². The minimum absolute atomic E-state index is 0.0410. The molecule has 1 aliphatic rings. The van der Waals surface area contributed by atoms with Crippen LogP contribution in [0.15, 0.2) is 60.0 Å². The van der Waals surface area contributed by atoms with Gasteiger partial charge < -0.3 is 25.2 Å². The average Bonchev–Trinajstić information content (AvgIpc) is 3.27. The second kappa shape index (κ2) is 10.1. The van der Waals surface area contributed by atoms with E-state index >= 15 is 0 Å². The molecule has 6 nitrogen and oxygen atoms in total. The summed E-state index contributed by atoms with van der Waals surface area (Å²) in [5.41, 5.74) is 4.48. The lowest BCUT2D eigenvalue weighted by molar-refractivity contribution is 0.243. The van der Waals surface area contributed by atoms with E-state index in [2.05, 4.69) is 44.0 Å². The fourth-order valence-corrected chi connectivity index (χ4v) is 4.93. The molecule has 2 N–H and O–H groups in total. The van der Waals surface area contributed by atoms with Crippen molar-refractivity contribution in [1.29, 1.82) is 0 Å². The number of ether oxygens (including phenoxy) is 1. The zero-order valence-electron chi connectivity index (χ0n) is 18.8. The molecule has 1 aromatic heterocycles. The molecule has 2 heterocycles. The van der Waals surface area contributed by atoms with Gasteiger partial charge in [-0.25, -0.2) is 4.79 Å². The number of fused-ring (bicyclic) bond motifs is 1. The second-order valence-electron chi connectivity index (χ2n) is 8.18. The number of benzene rings is 2. The summed E-state index contributed by atoms with van der Waals surface area (Å²) in [7, 11) is 5.66. The molecular weight excluding hydrogens is 420 g/mol. The van der Waals surface area contributed by atoms with Crippen LogP contribution < -0.4 is 20.3 Å². The van der Waals surface area contributed by atoms with Gasteiger partial charge in [-0.1, -0.05) is 12.1 Å². The van der Waals surface area contributed by atoms with E-state index in [4.69, 9.17) is 4.74 Å². The second-order valence-corrected chi connectivity index (χ2v) is 9.18. The number of hydrogen-bond donors (Lipinski definition) is 2. The molecule has 32 heavy (non-hydrogen) atoms. The molecule has 7 heteroatoms. The summed E-state index contributed by atoms with van der Waals surface area (Å²) in [6, 6.07) is 18.1. The van der Waals surface area contributed by atoms with Gasteiger partial charge in [0.1, 0.15) is 5.75 Å². The van der Waals surface area contributed by atoms with Crippen LogP contribution in [0.5, 0.6) is 5.75 Å². The molecule has 0 aliphatic carbocycles. The predicted molar refractivity (Wildman–Crippen MR) is 132 cm³/mol. The number of anilines is 2. The van der Waals surface area contributed by atoms with E-state index < -0.39 is 0 Å². The third-order valence-corrected chi connectivity index (χ3v) is 6.88. The van der Waals surface area contributed by atoms with E-state index in [9.17, 15) is 4.79 Å². The van der Waals surface area contributed by atoms with Crippen LogP contribution in [-0.2, 0) is 13.0 Å². The number of amides is 2. The quantitative estimate of drug-likeness (QED) is 0.546. The molecule has 1 atom stereocenters. The maximum Gasteiger partial charge on any atom is 0.319 e. The smallest absolute Gasteiger partial charge is 0.319 e. The van der Waals surface area contributed by atoms with E-state index in [1.54, 1.807) is 7.11 Å². The molecule has 0 saturated carbocycles. The van der Waals surface area contributed by atoms with E-state index in [1.807, 2.05) is 61.8 Å². The third kappa shape index (κ3) is 5.23. The van der Waals surface area contributed by atoms with E-state index in [-0.39, 0.29) is 12.1 Å². The standard InChI is InChI=1S/C25H30N4O2S/c1-28(2)23(18-5-4-6-22(15-18)31-3)16-26-25(30)27-20-7-9-21(10-8-20)29-13-11-24-19(17-29)12-14-32-24/h4-10,12,14-15,23H,11,13,16-17H2,1-3H3,(H2,26,27,30). The first-order valence-corrected chi connectivity index (χ1v) is 11.7. The first-order valence-electron chi connectivity index (χ1n) is 10.8. The number of carbonyl (C=O) groups is 1. The van der Waals surface area contributed by atoms with Crippen molar-refractivity contribution in [3.05, 3.63) is 76.0 Å². The summed E-state index contributed by atoms with van der Waals surface area (Å²) in [6.07, 6.45) is 1.09. The van der Waals surface area contributed by atoms with Crippen LogP contribution in [0.1, 0.15) is 22.0 Å². The summed E-state index contributed by atoms with van der Waals surface area (Å²) in [6.45, 7) is 2.46. The van der Waals surface area contributed by atoms with Crippen molar-refractivity contribution in [3.63, 3.8) is 0 Å². The Bertz CT molecular complexity index is 1050. The minimum Gasteiger partial charge on any atom is -0.497 e. The van der Waals surface area contributed by atoms with Gasteiger partial charge in [-0.15, -0.1) is 11.3 Å². The van der Waals surface area contributed by atoms with Gasteiger partial charge in [0, 0.05) is 35.9 Å². The first kappa shape index (κ1) is 22.2. The molecule has 1 aliphatic heterocycles. The maximum atomic E-state index is 12.5. The maximum absolute atomic E-state index is 12.5. The van der Waals surface area contributed by atoms with Crippen LogP contribution in [0.3, 0.4) is 0 Å². The average molecular weight is 451 g/mol. The van der Waals surface area contributed by atoms with Crippen molar-refractivity contribution in [2.45, 2.75) is 19.0 Å². The molecule has 2 amide bonds. The van der Waals surface area contributed by atoms with E-state index in [1.165, 1.54) is 16.1 Å². The molecule has 0 saturated heterocycles. The zero-order chi connectivity index (χ0) is 22.5. The lowest BCUT2D eigenvalue weighted by Gasteiger charge is -2.29. The van der Waals surface area contributed by atoms with Gasteiger partial charge in [0.15, 0.2) is 0 Å². The largest absolute Gasteiger partial charge is 0.497 e. The zero-order valence-corrected chi connectivity index (χ0v) is 19.6. The van der Waals surface area contributed by atoms with Gasteiger partial charge in [-0.3, -0.25) is 0 Å². The molecule has 0 radical (unpaired) electrons. The summed E-state index contributed by atoms with van der Waals surface area (Å²) >= 11 is 1.85. The number of urea groups is 1. The van der Waals surface area contributed by atoms with Crippen LogP contribution in [0.4, 0.5) is 16.2 Å². The van der Waals surface area contributed by atoms with Crippen LogP contribution >= 0.6 is 11.3 Å². The Morgan fingerprint density at radius 3 is 2.75 bits per heavy atom. The van der Waals surface area contributed by atoms with Gasteiger partial charge in [-0.05, 0) is 79.5 Å². The first-order chi connectivity index (χ1) is 15.5. The number of carbonyl (C=O) groups excluding carboxylic acids is 1. The number of thiophene rings is 1. The van der Waals surface area contributed by atoms with Gasteiger partial charge in [0.05, 0.1) is 13.2 Å². The van der Waals surface area contributed by atoms with Crippen molar-refractivity contribution >= 4 is 28.7 Å². The predicted octanol–water partition coefficient (Wildman–Crippen LogP) is 4.74. The van der Waals surface area contributed by atoms with E-state index in [0.717, 1.165) is 36.5 Å².